The Morgan fingerprint density at radius 2 is 2.00 bits per heavy atom. The molecule has 0 fully saturated rings. The predicted octanol–water partition coefficient (Wildman–Crippen LogP) is 2.16. The van der Waals surface area contributed by atoms with Gasteiger partial charge in [0.1, 0.15) is 5.75 Å². The molecule has 1 heterocycles. The molecule has 2 aromatic carbocycles. The van der Waals surface area contributed by atoms with Crippen molar-refractivity contribution < 1.29 is 22.7 Å². The van der Waals surface area contributed by atoms with Gasteiger partial charge in [-0.1, -0.05) is 12.1 Å². The van der Waals surface area contributed by atoms with Gasteiger partial charge in [0, 0.05) is 24.2 Å². The van der Waals surface area contributed by atoms with E-state index in [1.165, 1.54) is 0 Å². The van der Waals surface area contributed by atoms with Crippen molar-refractivity contribution >= 4 is 33.2 Å². The van der Waals surface area contributed by atoms with E-state index >= 15 is 0 Å². The topological polar surface area (TPSA) is 128 Å². The maximum absolute atomic E-state index is 12.1. The number of primary sulfonamides is 1. The Morgan fingerprint density at radius 1 is 1.17 bits per heavy atom. The molecule has 0 saturated heterocycles. The first-order valence-corrected chi connectivity index (χ1v) is 10.9. The van der Waals surface area contributed by atoms with Crippen molar-refractivity contribution in [3.8, 4) is 5.75 Å². The fraction of sp³-hybridized carbons (Fsp3) is 0.300. The van der Waals surface area contributed by atoms with E-state index in [0.29, 0.717) is 42.9 Å². The van der Waals surface area contributed by atoms with E-state index in [4.69, 9.17) is 9.88 Å². The van der Waals surface area contributed by atoms with Crippen molar-refractivity contribution in [2.45, 2.75) is 31.4 Å². The predicted molar refractivity (Wildman–Crippen MR) is 110 cm³/mol. The molecule has 1 aliphatic rings. The van der Waals surface area contributed by atoms with Gasteiger partial charge in [0.05, 0.1) is 12.4 Å². The lowest BCUT2D eigenvalue weighted by atomic mass is 10.0. The number of ether oxygens (including phenoxy) is 1. The van der Waals surface area contributed by atoms with E-state index < -0.39 is 10.0 Å². The smallest absolute Gasteiger partial charge is 0.224 e. The van der Waals surface area contributed by atoms with Gasteiger partial charge in [-0.3, -0.25) is 9.59 Å². The minimum Gasteiger partial charge on any atom is -0.494 e. The van der Waals surface area contributed by atoms with E-state index in [-0.39, 0.29) is 24.0 Å². The van der Waals surface area contributed by atoms with Gasteiger partial charge < -0.3 is 15.4 Å². The van der Waals surface area contributed by atoms with Crippen LogP contribution in [0.15, 0.2) is 42.5 Å². The van der Waals surface area contributed by atoms with Crippen LogP contribution in [0.2, 0.25) is 0 Å². The van der Waals surface area contributed by atoms with Crippen molar-refractivity contribution in [1.29, 1.82) is 0 Å². The third-order valence-corrected chi connectivity index (χ3v) is 5.10. The average Bonchev–Trinajstić information content (AvgIpc) is 2.64. The Kier molecular flexibility index (Phi) is 6.50. The maximum Gasteiger partial charge on any atom is 0.224 e. The molecular weight excluding hydrogens is 394 g/mol. The molecule has 0 aromatic heterocycles. The third kappa shape index (κ3) is 6.58. The van der Waals surface area contributed by atoms with Crippen molar-refractivity contribution in [2.24, 2.45) is 5.14 Å². The highest BCUT2D eigenvalue weighted by atomic mass is 32.2. The first-order valence-electron chi connectivity index (χ1n) is 9.23. The van der Waals surface area contributed by atoms with Gasteiger partial charge in [0.25, 0.3) is 0 Å². The van der Waals surface area contributed by atoms with Crippen LogP contribution in [0, 0.1) is 0 Å². The Morgan fingerprint density at radius 3 is 2.79 bits per heavy atom. The lowest BCUT2D eigenvalue weighted by Crippen LogP contribution is -2.18. The van der Waals surface area contributed by atoms with Crippen molar-refractivity contribution in [1.82, 2.24) is 0 Å². The number of carbonyl (C=O) groups excluding carboxylic acids is 2. The number of sulfonamides is 1. The van der Waals surface area contributed by atoms with E-state index in [1.807, 2.05) is 12.1 Å². The monoisotopic (exact) mass is 417 g/mol. The quantitative estimate of drug-likeness (QED) is 0.567. The van der Waals surface area contributed by atoms with E-state index in [9.17, 15) is 18.0 Å². The summed E-state index contributed by atoms with van der Waals surface area (Å²) >= 11 is 0. The van der Waals surface area contributed by atoms with E-state index in [2.05, 4.69) is 10.6 Å². The Balaban J connectivity index is 1.44. The minimum atomic E-state index is -3.62. The highest BCUT2D eigenvalue weighted by Gasteiger charge is 2.15. The second-order valence-corrected chi connectivity index (χ2v) is 8.49. The molecule has 0 atom stereocenters. The number of amides is 2. The molecule has 1 aliphatic heterocycles. The number of hydrogen-bond donors (Lipinski definition) is 3. The number of carbonyl (C=O) groups is 2. The zero-order valence-corrected chi connectivity index (χ0v) is 16.6. The van der Waals surface area contributed by atoms with Gasteiger partial charge in [-0.05, 0) is 54.3 Å². The maximum atomic E-state index is 12.1. The van der Waals surface area contributed by atoms with Crippen LogP contribution in [0.4, 0.5) is 11.4 Å². The molecule has 8 nitrogen and oxygen atoms in total. The normalized spacial score (nSPS) is 13.3. The fourth-order valence-electron chi connectivity index (χ4n) is 3.07. The van der Waals surface area contributed by atoms with Crippen LogP contribution in [0.3, 0.4) is 0 Å². The van der Waals surface area contributed by atoms with E-state index in [0.717, 1.165) is 11.3 Å². The largest absolute Gasteiger partial charge is 0.494 e. The second kappa shape index (κ2) is 9.06. The lowest BCUT2D eigenvalue weighted by Gasteiger charge is -2.17. The summed E-state index contributed by atoms with van der Waals surface area (Å²) in [7, 11) is -3.62. The molecule has 0 saturated carbocycles. The van der Waals surface area contributed by atoms with Crippen molar-refractivity contribution in [3.05, 3.63) is 53.6 Å². The van der Waals surface area contributed by atoms with Gasteiger partial charge >= 0.3 is 0 Å². The summed E-state index contributed by atoms with van der Waals surface area (Å²) in [5, 5.41) is 10.6. The fourth-order valence-corrected chi connectivity index (χ4v) is 3.71. The number of hydrogen-bond acceptors (Lipinski definition) is 5. The summed E-state index contributed by atoms with van der Waals surface area (Å²) < 4.78 is 28.1. The molecule has 0 unspecified atom stereocenters. The number of benzene rings is 2. The van der Waals surface area contributed by atoms with Crippen LogP contribution in [0.1, 0.15) is 30.4 Å². The van der Waals surface area contributed by atoms with Gasteiger partial charge in [-0.2, -0.15) is 0 Å². The number of nitrogens with one attached hydrogen (secondary N) is 2. The Labute approximate surface area is 169 Å². The second-order valence-electron chi connectivity index (χ2n) is 6.87. The highest BCUT2D eigenvalue weighted by molar-refractivity contribution is 7.88. The lowest BCUT2D eigenvalue weighted by molar-refractivity contribution is -0.117. The summed E-state index contributed by atoms with van der Waals surface area (Å²) in [6.45, 7) is 0.379. The molecular formula is C20H23N3O5S. The molecule has 3 rings (SSSR count). The summed E-state index contributed by atoms with van der Waals surface area (Å²) in [6.07, 6.45) is 1.94. The average molecular weight is 417 g/mol. The standard InChI is InChI=1S/C20H23N3O5S/c21-29(26,27)13-14-3-1-4-16(11-14)22-19(24)5-2-10-28-17-7-8-18-15(12-17)6-9-20(25)23-18/h1,3-4,7-8,11-12H,2,5-6,9-10,13H2,(H,22,24)(H,23,25)(H2,21,26,27). The van der Waals surface area contributed by atoms with E-state index in [1.54, 1.807) is 30.3 Å². The number of fused-ring (bicyclic) bond motifs is 1. The molecule has 2 aromatic rings. The van der Waals surface area contributed by atoms with Crippen LogP contribution in [-0.4, -0.2) is 26.8 Å². The summed E-state index contributed by atoms with van der Waals surface area (Å²) in [6, 6.07) is 12.1. The third-order valence-electron chi connectivity index (χ3n) is 4.37. The van der Waals surface area contributed by atoms with Crippen LogP contribution in [0.25, 0.3) is 0 Å². The first-order chi connectivity index (χ1) is 13.8. The first kappa shape index (κ1) is 20.8. The minimum absolute atomic E-state index is 0.0207. The van der Waals surface area contributed by atoms with Crippen LogP contribution >= 0.6 is 0 Å². The van der Waals surface area contributed by atoms with Gasteiger partial charge in [0.2, 0.25) is 21.8 Å². The van der Waals surface area contributed by atoms with Crippen LogP contribution in [0.5, 0.6) is 5.75 Å². The number of nitrogens with two attached hydrogens (primary N) is 1. The SMILES string of the molecule is NS(=O)(=O)Cc1cccc(NC(=O)CCCOc2ccc3c(c2)CCC(=O)N3)c1. The Bertz CT molecular complexity index is 1020. The van der Waals surface area contributed by atoms with Gasteiger partial charge in [-0.25, -0.2) is 13.6 Å². The van der Waals surface area contributed by atoms with Crippen molar-refractivity contribution in [3.63, 3.8) is 0 Å². The molecule has 154 valence electrons. The van der Waals surface area contributed by atoms with Crippen molar-refractivity contribution in [2.75, 3.05) is 17.2 Å². The molecule has 2 amide bonds. The molecule has 0 bridgehead atoms. The molecule has 4 N–H and O–H groups in total. The number of aryl methyl sites for hydroxylation is 1. The molecule has 0 spiro atoms. The molecule has 9 heteroatoms. The van der Waals surface area contributed by atoms with Gasteiger partial charge in [0.15, 0.2) is 0 Å². The Hall–Kier alpha value is -2.91. The van der Waals surface area contributed by atoms with Crippen LogP contribution in [-0.2, 0) is 31.8 Å². The molecule has 0 radical (unpaired) electrons. The number of anilines is 2. The van der Waals surface area contributed by atoms with Crippen LogP contribution < -0.4 is 20.5 Å². The molecule has 0 aliphatic carbocycles. The van der Waals surface area contributed by atoms with Gasteiger partial charge in [-0.15, -0.1) is 0 Å². The molecule has 29 heavy (non-hydrogen) atoms. The number of rotatable bonds is 8. The summed E-state index contributed by atoms with van der Waals surface area (Å²) in [4.78, 5) is 23.5. The zero-order valence-electron chi connectivity index (χ0n) is 15.8. The summed E-state index contributed by atoms with van der Waals surface area (Å²) in [5.41, 5.74) is 2.89. The zero-order chi connectivity index (χ0) is 20.9. The highest BCUT2D eigenvalue weighted by Crippen LogP contribution is 2.26. The summed E-state index contributed by atoms with van der Waals surface area (Å²) in [5.74, 6) is 0.257.